The number of carbonyl (C=O) groups excluding carboxylic acids is 1. The van der Waals surface area contributed by atoms with Crippen molar-refractivity contribution in [2.24, 2.45) is 0 Å². The molecule has 1 aromatic heterocycles. The van der Waals surface area contributed by atoms with Gasteiger partial charge in [-0.2, -0.15) is 0 Å². The van der Waals surface area contributed by atoms with Crippen molar-refractivity contribution in [1.29, 1.82) is 0 Å². The van der Waals surface area contributed by atoms with Crippen molar-refractivity contribution in [1.82, 2.24) is 4.98 Å². The third kappa shape index (κ3) is 3.91. The highest BCUT2D eigenvalue weighted by molar-refractivity contribution is 6.32. The quantitative estimate of drug-likeness (QED) is 0.826. The molecule has 1 atom stereocenters. The monoisotopic (exact) mass is 282 g/mol. The van der Waals surface area contributed by atoms with Gasteiger partial charge in [-0.25, -0.2) is 4.98 Å². The lowest BCUT2D eigenvalue weighted by molar-refractivity contribution is -0.913. The van der Waals surface area contributed by atoms with Gasteiger partial charge in [-0.3, -0.25) is 4.79 Å². The molecule has 19 heavy (non-hydrogen) atoms. The van der Waals surface area contributed by atoms with E-state index in [0.717, 1.165) is 13.1 Å². The Balaban J connectivity index is 1.97. The van der Waals surface area contributed by atoms with E-state index in [4.69, 9.17) is 11.6 Å². The van der Waals surface area contributed by atoms with Crippen molar-refractivity contribution < 1.29 is 9.69 Å². The second kappa shape index (κ2) is 6.87. The van der Waals surface area contributed by atoms with Crippen molar-refractivity contribution in [3.8, 4) is 0 Å². The van der Waals surface area contributed by atoms with Crippen LogP contribution in [0.2, 0.25) is 5.15 Å². The molecule has 104 valence electrons. The maximum atomic E-state index is 12.3. The van der Waals surface area contributed by atoms with Gasteiger partial charge >= 0.3 is 0 Å². The van der Waals surface area contributed by atoms with Gasteiger partial charge in [-0.15, -0.1) is 0 Å². The van der Waals surface area contributed by atoms with Gasteiger partial charge in [0.05, 0.1) is 18.8 Å². The molecule has 0 aliphatic carbocycles. The molecule has 4 nitrogen and oxygen atoms in total. The van der Waals surface area contributed by atoms with E-state index in [1.54, 1.807) is 18.3 Å². The SMILES string of the molecule is C[C@H](C(=O)Nc1cccnc1Cl)[NH+]1CCCCCC1. The zero-order valence-corrected chi connectivity index (χ0v) is 12.0. The molecule has 1 aliphatic heterocycles. The second-order valence-corrected chi connectivity index (χ2v) is 5.48. The fourth-order valence-electron chi connectivity index (χ4n) is 2.52. The largest absolute Gasteiger partial charge is 0.325 e. The van der Waals surface area contributed by atoms with Gasteiger partial charge in [0, 0.05) is 6.20 Å². The van der Waals surface area contributed by atoms with Gasteiger partial charge < -0.3 is 10.2 Å². The molecule has 5 heteroatoms. The first-order valence-electron chi connectivity index (χ1n) is 6.94. The summed E-state index contributed by atoms with van der Waals surface area (Å²) in [5, 5.41) is 3.22. The van der Waals surface area contributed by atoms with Gasteiger partial charge in [-0.1, -0.05) is 11.6 Å². The number of nitrogens with one attached hydrogen (secondary N) is 2. The van der Waals surface area contributed by atoms with Crippen molar-refractivity contribution >= 4 is 23.2 Å². The summed E-state index contributed by atoms with van der Waals surface area (Å²) in [4.78, 5) is 17.6. The number of hydrogen-bond acceptors (Lipinski definition) is 2. The number of nitrogens with zero attached hydrogens (tertiary/aromatic N) is 1. The summed E-state index contributed by atoms with van der Waals surface area (Å²) in [6.07, 6.45) is 6.60. The number of carbonyl (C=O) groups is 1. The Hall–Kier alpha value is -1.13. The van der Waals surface area contributed by atoms with E-state index in [1.165, 1.54) is 30.6 Å². The molecule has 1 amide bonds. The fourth-order valence-corrected chi connectivity index (χ4v) is 2.69. The molecule has 0 aromatic carbocycles. The first-order chi connectivity index (χ1) is 9.18. The van der Waals surface area contributed by atoms with Crippen molar-refractivity contribution in [2.75, 3.05) is 18.4 Å². The molecule has 1 aromatic rings. The first kappa shape index (κ1) is 14.3. The molecule has 2 heterocycles. The predicted molar refractivity (Wildman–Crippen MR) is 76.5 cm³/mol. The molecule has 2 rings (SSSR count). The average molecular weight is 283 g/mol. The van der Waals surface area contributed by atoms with Crippen LogP contribution in [0.4, 0.5) is 5.69 Å². The number of amides is 1. The van der Waals surface area contributed by atoms with Gasteiger partial charge in [0.15, 0.2) is 11.2 Å². The molecule has 1 saturated heterocycles. The maximum absolute atomic E-state index is 12.3. The minimum absolute atomic E-state index is 0.0202. The zero-order chi connectivity index (χ0) is 13.7. The summed E-state index contributed by atoms with van der Waals surface area (Å²) in [5.41, 5.74) is 0.593. The Labute approximate surface area is 119 Å². The molecule has 1 aliphatic rings. The van der Waals surface area contributed by atoms with E-state index in [9.17, 15) is 4.79 Å². The molecular formula is C14H21ClN3O+. The molecule has 0 unspecified atom stereocenters. The van der Waals surface area contributed by atoms with Crippen LogP contribution in [0, 0.1) is 0 Å². The number of halogens is 1. The van der Waals surface area contributed by atoms with Gasteiger partial charge in [0.25, 0.3) is 5.91 Å². The number of pyridine rings is 1. The summed E-state index contributed by atoms with van der Waals surface area (Å²) in [6, 6.07) is 3.50. The lowest BCUT2D eigenvalue weighted by atomic mass is 10.2. The number of likely N-dealkylation sites (tertiary alicyclic amines) is 1. The zero-order valence-electron chi connectivity index (χ0n) is 11.3. The van der Waals surface area contributed by atoms with Crippen LogP contribution in [0.3, 0.4) is 0 Å². The van der Waals surface area contributed by atoms with Crippen LogP contribution in [0.25, 0.3) is 0 Å². The van der Waals surface area contributed by atoms with Crippen molar-refractivity contribution in [3.63, 3.8) is 0 Å². The molecule has 2 N–H and O–H groups in total. The minimum atomic E-state index is -0.0469. The predicted octanol–water partition coefficient (Wildman–Crippen LogP) is 1.52. The topological polar surface area (TPSA) is 46.4 Å². The number of quaternary nitrogens is 1. The van der Waals surface area contributed by atoms with E-state index in [-0.39, 0.29) is 11.9 Å². The van der Waals surface area contributed by atoms with Crippen LogP contribution in [-0.2, 0) is 4.79 Å². The summed E-state index contributed by atoms with van der Waals surface area (Å²) < 4.78 is 0. The maximum Gasteiger partial charge on any atom is 0.282 e. The smallest absolute Gasteiger partial charge is 0.282 e. The molecule has 0 saturated carbocycles. The van der Waals surface area contributed by atoms with Crippen molar-refractivity contribution in [3.05, 3.63) is 23.5 Å². The molecule has 0 radical (unpaired) electrons. The van der Waals surface area contributed by atoms with E-state index in [1.807, 2.05) is 6.92 Å². The van der Waals surface area contributed by atoms with Crippen LogP contribution < -0.4 is 10.2 Å². The van der Waals surface area contributed by atoms with E-state index >= 15 is 0 Å². The standard InChI is InChI=1S/C14H20ClN3O/c1-11(18-9-4-2-3-5-10-18)14(19)17-12-7-6-8-16-13(12)15/h6-8,11H,2-5,9-10H2,1H3,(H,17,19)/p+1/t11-/m1/s1. The number of aromatic nitrogens is 1. The Morgan fingerprint density at radius 2 is 2.05 bits per heavy atom. The minimum Gasteiger partial charge on any atom is -0.325 e. The first-order valence-corrected chi connectivity index (χ1v) is 7.32. The Bertz CT molecular complexity index is 430. The normalized spacial score (nSPS) is 18.6. The molecule has 0 spiro atoms. The second-order valence-electron chi connectivity index (χ2n) is 5.13. The molecular weight excluding hydrogens is 262 g/mol. The van der Waals surface area contributed by atoms with E-state index in [0.29, 0.717) is 10.8 Å². The van der Waals surface area contributed by atoms with E-state index < -0.39 is 0 Å². The fraction of sp³-hybridized carbons (Fsp3) is 0.571. The summed E-state index contributed by atoms with van der Waals surface area (Å²) in [5.74, 6) is 0.0202. The Morgan fingerprint density at radius 3 is 2.68 bits per heavy atom. The van der Waals surface area contributed by atoms with Crippen LogP contribution >= 0.6 is 11.6 Å². The summed E-state index contributed by atoms with van der Waals surface area (Å²) in [6.45, 7) is 4.14. The van der Waals surface area contributed by atoms with Crippen LogP contribution in [0.5, 0.6) is 0 Å². The number of rotatable bonds is 3. The number of anilines is 1. The lowest BCUT2D eigenvalue weighted by Crippen LogP contribution is -3.16. The van der Waals surface area contributed by atoms with Gasteiger partial charge in [0.2, 0.25) is 0 Å². The lowest BCUT2D eigenvalue weighted by Gasteiger charge is -2.23. The summed E-state index contributed by atoms with van der Waals surface area (Å²) >= 11 is 5.95. The van der Waals surface area contributed by atoms with Crippen LogP contribution in [0.1, 0.15) is 32.6 Å². The third-order valence-electron chi connectivity index (χ3n) is 3.77. The highest BCUT2D eigenvalue weighted by Crippen LogP contribution is 2.17. The van der Waals surface area contributed by atoms with Crippen LogP contribution in [-0.4, -0.2) is 30.0 Å². The van der Waals surface area contributed by atoms with E-state index in [2.05, 4.69) is 10.3 Å². The van der Waals surface area contributed by atoms with Crippen molar-refractivity contribution in [2.45, 2.75) is 38.6 Å². The number of hydrogen-bond donors (Lipinski definition) is 2. The van der Waals surface area contributed by atoms with Gasteiger partial charge in [-0.05, 0) is 44.7 Å². The highest BCUT2D eigenvalue weighted by Gasteiger charge is 2.26. The molecule has 0 bridgehead atoms. The third-order valence-corrected chi connectivity index (χ3v) is 4.07. The average Bonchev–Trinajstić information content (AvgIpc) is 2.69. The Kier molecular flexibility index (Phi) is 5.16. The Morgan fingerprint density at radius 1 is 1.37 bits per heavy atom. The summed E-state index contributed by atoms with van der Waals surface area (Å²) in [7, 11) is 0. The highest BCUT2D eigenvalue weighted by atomic mass is 35.5. The van der Waals surface area contributed by atoms with Crippen LogP contribution in [0.15, 0.2) is 18.3 Å². The molecule has 1 fully saturated rings. The van der Waals surface area contributed by atoms with Gasteiger partial charge in [0.1, 0.15) is 0 Å².